The SMILES string of the molecule is CCCCCn1nc(C(=O)N/N=C\c2ccc(OCC)cc2)c2ccccc2c1=O. The van der Waals surface area contributed by atoms with Crippen molar-refractivity contribution in [2.24, 2.45) is 5.10 Å². The Bertz CT molecular complexity index is 1090. The molecule has 3 rings (SSSR count). The predicted molar refractivity (Wildman–Crippen MR) is 118 cm³/mol. The van der Waals surface area contributed by atoms with Crippen LogP contribution in [0.4, 0.5) is 0 Å². The lowest BCUT2D eigenvalue weighted by atomic mass is 10.1. The van der Waals surface area contributed by atoms with E-state index in [1.807, 2.05) is 31.2 Å². The summed E-state index contributed by atoms with van der Waals surface area (Å²) in [7, 11) is 0. The monoisotopic (exact) mass is 406 g/mol. The maximum atomic E-state index is 12.8. The molecule has 0 aliphatic heterocycles. The third-order valence-electron chi connectivity index (χ3n) is 4.63. The second-order valence-corrected chi connectivity index (χ2v) is 6.83. The molecule has 3 aromatic rings. The summed E-state index contributed by atoms with van der Waals surface area (Å²) in [5.74, 6) is 0.317. The molecule has 7 nitrogen and oxygen atoms in total. The maximum Gasteiger partial charge on any atom is 0.292 e. The lowest BCUT2D eigenvalue weighted by Gasteiger charge is -2.10. The van der Waals surface area contributed by atoms with Crippen molar-refractivity contribution in [3.05, 3.63) is 70.1 Å². The molecule has 0 aliphatic carbocycles. The molecular weight excluding hydrogens is 380 g/mol. The number of fused-ring (bicyclic) bond motifs is 1. The summed E-state index contributed by atoms with van der Waals surface area (Å²) in [5, 5.41) is 9.36. The van der Waals surface area contributed by atoms with Crippen LogP contribution in [0.1, 0.15) is 49.2 Å². The van der Waals surface area contributed by atoms with Crippen LogP contribution >= 0.6 is 0 Å². The van der Waals surface area contributed by atoms with Gasteiger partial charge in [0, 0.05) is 11.9 Å². The van der Waals surface area contributed by atoms with Gasteiger partial charge in [-0.1, -0.05) is 38.0 Å². The van der Waals surface area contributed by atoms with E-state index in [4.69, 9.17) is 4.74 Å². The van der Waals surface area contributed by atoms with Gasteiger partial charge >= 0.3 is 0 Å². The summed E-state index contributed by atoms with van der Waals surface area (Å²) < 4.78 is 6.79. The third kappa shape index (κ3) is 5.11. The molecule has 0 aliphatic rings. The largest absolute Gasteiger partial charge is 0.494 e. The van der Waals surface area contributed by atoms with Gasteiger partial charge in [-0.05, 0) is 49.2 Å². The van der Waals surface area contributed by atoms with Crippen LogP contribution in [-0.2, 0) is 6.54 Å². The number of aryl methyl sites for hydroxylation is 1. The number of carbonyl (C=O) groups excluding carboxylic acids is 1. The number of carbonyl (C=O) groups is 1. The Labute approximate surface area is 175 Å². The van der Waals surface area contributed by atoms with Gasteiger partial charge in [0.15, 0.2) is 5.69 Å². The molecule has 1 aromatic heterocycles. The zero-order valence-corrected chi connectivity index (χ0v) is 17.3. The number of ether oxygens (including phenoxy) is 1. The molecule has 0 saturated carbocycles. The molecule has 0 bridgehead atoms. The average Bonchev–Trinajstić information content (AvgIpc) is 2.77. The van der Waals surface area contributed by atoms with Gasteiger partial charge < -0.3 is 4.74 Å². The Balaban J connectivity index is 1.81. The van der Waals surface area contributed by atoms with Gasteiger partial charge in [0.05, 0.1) is 18.2 Å². The van der Waals surface area contributed by atoms with Crippen molar-refractivity contribution in [3.8, 4) is 5.75 Å². The minimum absolute atomic E-state index is 0.184. The highest BCUT2D eigenvalue weighted by Gasteiger charge is 2.16. The number of nitrogens with one attached hydrogen (secondary N) is 1. The van der Waals surface area contributed by atoms with E-state index in [0.717, 1.165) is 30.6 Å². The van der Waals surface area contributed by atoms with Crippen molar-refractivity contribution in [2.75, 3.05) is 6.61 Å². The first-order valence-corrected chi connectivity index (χ1v) is 10.2. The van der Waals surface area contributed by atoms with E-state index >= 15 is 0 Å². The van der Waals surface area contributed by atoms with E-state index in [2.05, 4.69) is 22.5 Å². The van der Waals surface area contributed by atoms with E-state index in [1.165, 1.54) is 4.68 Å². The predicted octanol–water partition coefficient (Wildman–Crippen LogP) is 3.75. The molecule has 30 heavy (non-hydrogen) atoms. The van der Waals surface area contributed by atoms with Crippen molar-refractivity contribution in [3.63, 3.8) is 0 Å². The maximum absolute atomic E-state index is 12.8. The average molecular weight is 406 g/mol. The standard InChI is InChI=1S/C23H26N4O3/c1-3-5-8-15-27-23(29)20-10-7-6-9-19(20)21(26-27)22(28)25-24-16-17-11-13-18(14-12-17)30-4-2/h6-7,9-14,16H,3-5,8,15H2,1-2H3,(H,25,28)/b24-16-. The molecule has 1 amide bonds. The summed E-state index contributed by atoms with van der Waals surface area (Å²) in [6, 6.07) is 14.4. The fraction of sp³-hybridized carbons (Fsp3) is 0.304. The summed E-state index contributed by atoms with van der Waals surface area (Å²) in [4.78, 5) is 25.5. The molecule has 0 unspecified atom stereocenters. The normalized spacial score (nSPS) is 11.1. The summed E-state index contributed by atoms with van der Waals surface area (Å²) in [6.07, 6.45) is 4.41. The first-order valence-electron chi connectivity index (χ1n) is 10.2. The van der Waals surface area contributed by atoms with Crippen LogP contribution in [-0.4, -0.2) is 28.5 Å². The van der Waals surface area contributed by atoms with Gasteiger partial charge in [-0.3, -0.25) is 9.59 Å². The smallest absolute Gasteiger partial charge is 0.292 e. The zero-order chi connectivity index (χ0) is 21.3. The number of unbranched alkanes of at least 4 members (excludes halogenated alkanes) is 2. The molecular formula is C23H26N4O3. The van der Waals surface area contributed by atoms with Crippen LogP contribution in [0.5, 0.6) is 5.75 Å². The number of rotatable bonds is 9. The number of hydrogen-bond donors (Lipinski definition) is 1. The Kier molecular flexibility index (Phi) is 7.32. The number of aromatic nitrogens is 2. The first kappa shape index (κ1) is 21.2. The minimum Gasteiger partial charge on any atom is -0.494 e. The molecule has 0 saturated heterocycles. The van der Waals surface area contributed by atoms with Crippen LogP contribution in [0.25, 0.3) is 10.8 Å². The van der Waals surface area contributed by atoms with Gasteiger partial charge in [-0.25, -0.2) is 10.1 Å². The van der Waals surface area contributed by atoms with Crippen molar-refractivity contribution >= 4 is 22.9 Å². The number of hydrogen-bond acceptors (Lipinski definition) is 5. The van der Waals surface area contributed by atoms with Gasteiger partial charge in [-0.15, -0.1) is 0 Å². The third-order valence-corrected chi connectivity index (χ3v) is 4.63. The van der Waals surface area contributed by atoms with E-state index in [-0.39, 0.29) is 11.3 Å². The second-order valence-electron chi connectivity index (χ2n) is 6.83. The Hall–Kier alpha value is -3.48. The summed E-state index contributed by atoms with van der Waals surface area (Å²) in [5.41, 5.74) is 3.34. The molecule has 2 aromatic carbocycles. The van der Waals surface area contributed by atoms with Gasteiger partial charge in [0.25, 0.3) is 11.5 Å². The Morgan fingerprint density at radius 3 is 2.53 bits per heavy atom. The highest BCUT2D eigenvalue weighted by Crippen LogP contribution is 2.14. The quantitative estimate of drug-likeness (QED) is 0.333. The Morgan fingerprint density at radius 1 is 1.10 bits per heavy atom. The lowest BCUT2D eigenvalue weighted by molar-refractivity contribution is 0.0949. The lowest BCUT2D eigenvalue weighted by Crippen LogP contribution is -2.29. The number of amides is 1. The Morgan fingerprint density at radius 2 is 1.83 bits per heavy atom. The zero-order valence-electron chi connectivity index (χ0n) is 17.3. The van der Waals surface area contributed by atoms with E-state index in [1.54, 1.807) is 30.5 Å². The van der Waals surface area contributed by atoms with Gasteiger partial charge in [0.2, 0.25) is 0 Å². The minimum atomic E-state index is -0.461. The summed E-state index contributed by atoms with van der Waals surface area (Å²) >= 11 is 0. The van der Waals surface area contributed by atoms with Gasteiger partial charge in [0.1, 0.15) is 5.75 Å². The molecule has 0 spiro atoms. The summed E-state index contributed by atoms with van der Waals surface area (Å²) in [6.45, 7) is 5.10. The number of hydrazone groups is 1. The van der Waals surface area contributed by atoms with Crippen molar-refractivity contribution in [2.45, 2.75) is 39.7 Å². The molecule has 156 valence electrons. The van der Waals surface area contributed by atoms with Crippen LogP contribution in [0.15, 0.2) is 58.4 Å². The number of benzene rings is 2. The van der Waals surface area contributed by atoms with E-state index in [0.29, 0.717) is 23.9 Å². The fourth-order valence-electron chi connectivity index (χ4n) is 3.10. The van der Waals surface area contributed by atoms with E-state index < -0.39 is 5.91 Å². The van der Waals surface area contributed by atoms with Crippen LogP contribution in [0.2, 0.25) is 0 Å². The number of nitrogens with zero attached hydrogens (tertiary/aromatic N) is 3. The van der Waals surface area contributed by atoms with Crippen LogP contribution < -0.4 is 15.7 Å². The second kappa shape index (κ2) is 10.3. The van der Waals surface area contributed by atoms with Crippen molar-refractivity contribution in [1.82, 2.24) is 15.2 Å². The highest BCUT2D eigenvalue weighted by atomic mass is 16.5. The molecule has 7 heteroatoms. The van der Waals surface area contributed by atoms with Gasteiger partial charge in [-0.2, -0.15) is 10.2 Å². The van der Waals surface area contributed by atoms with Crippen LogP contribution in [0.3, 0.4) is 0 Å². The molecule has 0 radical (unpaired) electrons. The molecule has 0 fully saturated rings. The molecule has 1 N–H and O–H groups in total. The topological polar surface area (TPSA) is 85.6 Å². The molecule has 1 heterocycles. The highest BCUT2D eigenvalue weighted by molar-refractivity contribution is 6.04. The fourth-order valence-corrected chi connectivity index (χ4v) is 3.10. The van der Waals surface area contributed by atoms with Crippen molar-refractivity contribution in [1.29, 1.82) is 0 Å². The van der Waals surface area contributed by atoms with E-state index in [9.17, 15) is 9.59 Å². The first-order chi connectivity index (χ1) is 14.6. The van der Waals surface area contributed by atoms with Crippen molar-refractivity contribution < 1.29 is 9.53 Å². The molecule has 0 atom stereocenters. The van der Waals surface area contributed by atoms with Crippen LogP contribution in [0, 0.1) is 0 Å².